The zero-order chi connectivity index (χ0) is 17.2. The summed E-state index contributed by atoms with van der Waals surface area (Å²) in [7, 11) is 0. The summed E-state index contributed by atoms with van der Waals surface area (Å²) in [6.07, 6.45) is 6.85. The summed E-state index contributed by atoms with van der Waals surface area (Å²) in [5.74, 6) is 0.213. The number of nitrogens with one attached hydrogen (secondary N) is 1. The molecule has 0 saturated heterocycles. The van der Waals surface area contributed by atoms with E-state index in [-0.39, 0.29) is 11.4 Å². The first-order valence-corrected chi connectivity index (χ1v) is 8.03. The molecule has 0 amide bonds. The van der Waals surface area contributed by atoms with Gasteiger partial charge >= 0.3 is 0 Å². The van der Waals surface area contributed by atoms with Crippen LogP contribution < -0.4 is 5.56 Å². The quantitative estimate of drug-likeness (QED) is 0.790. The van der Waals surface area contributed by atoms with Crippen molar-refractivity contribution in [2.75, 3.05) is 6.54 Å². The first kappa shape index (κ1) is 15.6. The topological polar surface area (TPSA) is 74.8 Å². The number of pyridine rings is 2. The Morgan fingerprint density at radius 3 is 2.84 bits per heavy atom. The smallest absolute Gasteiger partial charge is 0.255 e. The maximum Gasteiger partial charge on any atom is 0.255 e. The maximum atomic E-state index is 13.3. The number of rotatable bonds is 3. The van der Waals surface area contributed by atoms with Gasteiger partial charge in [-0.1, -0.05) is 0 Å². The monoisotopic (exact) mass is 337 g/mol. The highest BCUT2D eigenvalue weighted by Gasteiger charge is 2.21. The van der Waals surface area contributed by atoms with E-state index in [1.807, 2.05) is 12.1 Å². The number of hydrogen-bond donors (Lipinski definition) is 1. The van der Waals surface area contributed by atoms with Crippen molar-refractivity contribution >= 4 is 0 Å². The Morgan fingerprint density at radius 1 is 1.20 bits per heavy atom. The second-order valence-electron chi connectivity index (χ2n) is 6.05. The first-order valence-electron chi connectivity index (χ1n) is 8.03. The van der Waals surface area contributed by atoms with Crippen LogP contribution in [0.3, 0.4) is 0 Å². The van der Waals surface area contributed by atoms with E-state index in [0.29, 0.717) is 30.9 Å². The van der Waals surface area contributed by atoms with Crippen molar-refractivity contribution in [1.82, 2.24) is 24.8 Å². The fourth-order valence-corrected chi connectivity index (χ4v) is 3.06. The molecule has 0 aromatic carbocycles. The van der Waals surface area contributed by atoms with Gasteiger partial charge in [0.15, 0.2) is 0 Å². The number of halogens is 1. The summed E-state index contributed by atoms with van der Waals surface area (Å²) in [5, 5.41) is 0. The molecule has 0 atom stereocenters. The first-order chi connectivity index (χ1) is 12.2. The summed E-state index contributed by atoms with van der Waals surface area (Å²) >= 11 is 0. The Labute approximate surface area is 143 Å². The normalized spacial score (nSPS) is 14.3. The standard InChI is InChI=1S/C18H16FN5O/c19-14-7-12(8-21-9-14)10-24-6-3-16-15(11-24)18(25)23-17(22-16)13-1-4-20-5-2-13/h1-2,4-5,7-9H,3,6,10-11H2,(H,22,23,25). The molecule has 0 unspecified atom stereocenters. The third kappa shape index (κ3) is 3.32. The number of aromatic amines is 1. The molecule has 3 aromatic rings. The van der Waals surface area contributed by atoms with E-state index in [2.05, 4.69) is 24.8 Å². The molecular formula is C18H16FN5O. The van der Waals surface area contributed by atoms with Crippen LogP contribution >= 0.6 is 0 Å². The van der Waals surface area contributed by atoms with Crippen LogP contribution in [0.15, 0.2) is 47.8 Å². The van der Waals surface area contributed by atoms with E-state index in [1.54, 1.807) is 18.6 Å². The molecule has 1 N–H and O–H groups in total. The summed E-state index contributed by atoms with van der Waals surface area (Å²) in [6.45, 7) is 1.80. The molecule has 6 nitrogen and oxygen atoms in total. The number of hydrogen-bond acceptors (Lipinski definition) is 5. The third-order valence-electron chi connectivity index (χ3n) is 4.27. The molecule has 4 rings (SSSR count). The van der Waals surface area contributed by atoms with E-state index in [0.717, 1.165) is 23.4 Å². The van der Waals surface area contributed by atoms with E-state index in [4.69, 9.17) is 0 Å². The van der Waals surface area contributed by atoms with Crippen LogP contribution in [0, 0.1) is 5.82 Å². The molecule has 4 heterocycles. The molecule has 0 spiro atoms. The van der Waals surface area contributed by atoms with E-state index in [1.165, 1.54) is 12.3 Å². The molecule has 0 aliphatic carbocycles. The van der Waals surface area contributed by atoms with Crippen LogP contribution in [0.5, 0.6) is 0 Å². The molecule has 0 radical (unpaired) electrons. The molecule has 126 valence electrons. The minimum Gasteiger partial charge on any atom is -0.306 e. The van der Waals surface area contributed by atoms with Crippen LogP contribution in [0.1, 0.15) is 16.8 Å². The average molecular weight is 337 g/mol. The third-order valence-corrected chi connectivity index (χ3v) is 4.27. The number of aromatic nitrogens is 4. The lowest BCUT2D eigenvalue weighted by Crippen LogP contribution is -2.35. The Hall–Kier alpha value is -2.93. The molecule has 3 aromatic heterocycles. The molecular weight excluding hydrogens is 321 g/mol. The fraction of sp³-hybridized carbons (Fsp3) is 0.222. The number of nitrogens with zero attached hydrogens (tertiary/aromatic N) is 4. The lowest BCUT2D eigenvalue weighted by Gasteiger charge is -2.27. The molecule has 0 bridgehead atoms. The van der Waals surface area contributed by atoms with Crippen LogP contribution in [0.2, 0.25) is 0 Å². The molecule has 7 heteroatoms. The zero-order valence-electron chi connectivity index (χ0n) is 13.4. The Morgan fingerprint density at radius 2 is 2.04 bits per heavy atom. The van der Waals surface area contributed by atoms with Gasteiger partial charge in [-0.25, -0.2) is 9.37 Å². The second kappa shape index (κ2) is 6.52. The summed E-state index contributed by atoms with van der Waals surface area (Å²) in [6, 6.07) is 5.10. The molecule has 25 heavy (non-hydrogen) atoms. The van der Waals surface area contributed by atoms with Gasteiger partial charge in [0, 0.05) is 50.2 Å². The van der Waals surface area contributed by atoms with Crippen molar-refractivity contribution < 1.29 is 4.39 Å². The number of fused-ring (bicyclic) bond motifs is 1. The van der Waals surface area contributed by atoms with Crippen molar-refractivity contribution in [3.63, 3.8) is 0 Å². The van der Waals surface area contributed by atoms with Crippen molar-refractivity contribution in [2.24, 2.45) is 0 Å². The maximum absolute atomic E-state index is 13.3. The number of H-pyrrole nitrogens is 1. The zero-order valence-corrected chi connectivity index (χ0v) is 13.4. The van der Waals surface area contributed by atoms with E-state index in [9.17, 15) is 9.18 Å². The second-order valence-corrected chi connectivity index (χ2v) is 6.05. The van der Waals surface area contributed by atoms with Gasteiger partial charge in [-0.2, -0.15) is 0 Å². The van der Waals surface area contributed by atoms with Gasteiger partial charge in [-0.15, -0.1) is 0 Å². The SMILES string of the molecule is O=c1[nH]c(-c2ccncc2)nc2c1CN(Cc1cncc(F)c1)CC2. The minimum absolute atomic E-state index is 0.126. The summed E-state index contributed by atoms with van der Waals surface area (Å²) in [4.78, 5) is 29.9. The van der Waals surface area contributed by atoms with Gasteiger partial charge < -0.3 is 4.98 Å². The van der Waals surface area contributed by atoms with Gasteiger partial charge in [0.05, 0.1) is 17.5 Å². The van der Waals surface area contributed by atoms with Gasteiger partial charge in [-0.3, -0.25) is 19.7 Å². The summed E-state index contributed by atoms with van der Waals surface area (Å²) < 4.78 is 13.3. The predicted molar refractivity (Wildman–Crippen MR) is 90.1 cm³/mol. The van der Waals surface area contributed by atoms with Crippen molar-refractivity contribution in [1.29, 1.82) is 0 Å². The van der Waals surface area contributed by atoms with Crippen molar-refractivity contribution in [3.05, 3.63) is 76.0 Å². The molecule has 0 saturated carbocycles. The van der Waals surface area contributed by atoms with Crippen LogP contribution in [-0.4, -0.2) is 31.4 Å². The largest absolute Gasteiger partial charge is 0.306 e. The van der Waals surface area contributed by atoms with Gasteiger partial charge in [0.25, 0.3) is 5.56 Å². The summed E-state index contributed by atoms with van der Waals surface area (Å²) in [5.41, 5.74) is 3.00. The molecule has 1 aliphatic rings. The van der Waals surface area contributed by atoms with Crippen molar-refractivity contribution in [3.8, 4) is 11.4 Å². The molecule has 0 fully saturated rings. The highest BCUT2D eigenvalue weighted by Crippen LogP contribution is 2.19. The van der Waals surface area contributed by atoms with E-state index >= 15 is 0 Å². The van der Waals surface area contributed by atoms with Crippen LogP contribution in [0.4, 0.5) is 4.39 Å². The Kier molecular flexibility index (Phi) is 4.07. The lowest BCUT2D eigenvalue weighted by atomic mass is 10.1. The van der Waals surface area contributed by atoms with Gasteiger partial charge in [0.1, 0.15) is 11.6 Å². The van der Waals surface area contributed by atoms with Gasteiger partial charge in [0.2, 0.25) is 0 Å². The van der Waals surface area contributed by atoms with Crippen molar-refractivity contribution in [2.45, 2.75) is 19.5 Å². The predicted octanol–water partition coefficient (Wildman–Crippen LogP) is 1.92. The Bertz CT molecular complexity index is 957. The van der Waals surface area contributed by atoms with Gasteiger partial charge in [-0.05, 0) is 23.8 Å². The fourth-order valence-electron chi connectivity index (χ4n) is 3.06. The molecule has 1 aliphatic heterocycles. The lowest BCUT2D eigenvalue weighted by molar-refractivity contribution is 0.241. The van der Waals surface area contributed by atoms with Crippen LogP contribution in [-0.2, 0) is 19.5 Å². The highest BCUT2D eigenvalue weighted by molar-refractivity contribution is 5.54. The highest BCUT2D eigenvalue weighted by atomic mass is 19.1. The Balaban J connectivity index is 1.58. The van der Waals surface area contributed by atoms with Crippen LogP contribution in [0.25, 0.3) is 11.4 Å². The average Bonchev–Trinajstić information content (AvgIpc) is 2.63. The minimum atomic E-state index is -0.351. The van der Waals surface area contributed by atoms with E-state index < -0.39 is 0 Å².